The molecule has 1 aromatic carbocycles. The highest BCUT2D eigenvalue weighted by Gasteiger charge is 2.35. The van der Waals surface area contributed by atoms with E-state index in [1.165, 1.54) is 12.1 Å². The first-order valence-corrected chi connectivity index (χ1v) is 8.28. The van der Waals surface area contributed by atoms with Crippen molar-refractivity contribution in [1.82, 2.24) is 15.2 Å². The topological polar surface area (TPSA) is 48.5 Å². The Morgan fingerprint density at radius 3 is 2.35 bits per heavy atom. The van der Waals surface area contributed by atoms with Gasteiger partial charge in [-0.15, -0.1) is 0 Å². The summed E-state index contributed by atoms with van der Waals surface area (Å²) in [5, 5.41) is 2.82. The van der Waals surface area contributed by atoms with E-state index in [-0.39, 0.29) is 11.7 Å². The van der Waals surface area contributed by atoms with E-state index < -0.39 is 11.7 Å². The van der Waals surface area contributed by atoms with E-state index >= 15 is 0 Å². The summed E-state index contributed by atoms with van der Waals surface area (Å²) in [6.07, 6.45) is -1.09. The number of nitrogens with one attached hydrogen (secondary N) is 1. The zero-order valence-electron chi connectivity index (χ0n) is 14.0. The van der Waals surface area contributed by atoms with Crippen LogP contribution in [-0.4, -0.2) is 42.1 Å². The Hall–Kier alpha value is -2.77. The minimum absolute atomic E-state index is 0.164. The molecule has 0 saturated carbocycles. The lowest BCUT2D eigenvalue weighted by Crippen LogP contribution is -2.52. The normalized spacial score (nSPS) is 15.0. The molecule has 3 rings (SSSR count). The van der Waals surface area contributed by atoms with Crippen molar-refractivity contribution >= 4 is 11.7 Å². The summed E-state index contributed by atoms with van der Waals surface area (Å²) in [5.41, 5.74) is 0.457. The van der Waals surface area contributed by atoms with Crippen molar-refractivity contribution in [3.05, 3.63) is 59.9 Å². The largest absolute Gasteiger partial charge is 0.418 e. The Labute approximate surface area is 149 Å². The van der Waals surface area contributed by atoms with Gasteiger partial charge in [-0.05, 0) is 29.8 Å². The third-order valence-corrected chi connectivity index (χ3v) is 4.31. The van der Waals surface area contributed by atoms with E-state index in [1.807, 2.05) is 12.1 Å². The Balaban J connectivity index is 1.57. The van der Waals surface area contributed by atoms with Crippen LogP contribution in [0.2, 0.25) is 0 Å². The molecule has 2 heterocycles. The van der Waals surface area contributed by atoms with Gasteiger partial charge in [0, 0.05) is 50.8 Å². The van der Waals surface area contributed by atoms with Crippen molar-refractivity contribution in [3.63, 3.8) is 0 Å². The number of benzene rings is 1. The number of alkyl halides is 3. The van der Waals surface area contributed by atoms with E-state index in [0.717, 1.165) is 11.6 Å². The first-order valence-electron chi connectivity index (χ1n) is 8.28. The molecule has 1 fully saturated rings. The molecule has 8 heteroatoms. The van der Waals surface area contributed by atoms with Crippen LogP contribution in [0.3, 0.4) is 0 Å². The molecule has 5 nitrogen and oxygen atoms in total. The summed E-state index contributed by atoms with van der Waals surface area (Å²) in [7, 11) is 0. The van der Waals surface area contributed by atoms with Crippen LogP contribution in [-0.2, 0) is 12.7 Å². The number of hydrogen-bond acceptors (Lipinski definition) is 3. The van der Waals surface area contributed by atoms with Crippen LogP contribution in [0.4, 0.5) is 23.7 Å². The van der Waals surface area contributed by atoms with Gasteiger partial charge < -0.3 is 15.1 Å². The molecule has 138 valence electrons. The average molecular weight is 364 g/mol. The molecular weight excluding hydrogens is 345 g/mol. The number of carbonyl (C=O) groups is 1. The second-order valence-electron chi connectivity index (χ2n) is 6.00. The maximum absolute atomic E-state index is 13.2. The monoisotopic (exact) mass is 364 g/mol. The number of rotatable bonds is 3. The lowest BCUT2D eigenvalue weighted by atomic mass is 10.1. The van der Waals surface area contributed by atoms with Gasteiger partial charge in [-0.25, -0.2) is 4.79 Å². The van der Waals surface area contributed by atoms with E-state index in [0.29, 0.717) is 32.7 Å². The molecule has 1 aliphatic rings. The van der Waals surface area contributed by atoms with E-state index in [2.05, 4.69) is 10.3 Å². The number of pyridine rings is 1. The van der Waals surface area contributed by atoms with Gasteiger partial charge >= 0.3 is 12.2 Å². The molecule has 0 radical (unpaired) electrons. The van der Waals surface area contributed by atoms with Gasteiger partial charge in [-0.2, -0.15) is 13.2 Å². The molecule has 2 aromatic rings. The van der Waals surface area contributed by atoms with Gasteiger partial charge in [0.25, 0.3) is 0 Å². The Morgan fingerprint density at radius 1 is 1.04 bits per heavy atom. The third kappa shape index (κ3) is 4.25. The first kappa shape index (κ1) is 18.0. The average Bonchev–Trinajstić information content (AvgIpc) is 2.66. The molecule has 0 unspecified atom stereocenters. The van der Waals surface area contributed by atoms with Crippen LogP contribution in [0.25, 0.3) is 0 Å². The molecule has 0 spiro atoms. The minimum Gasteiger partial charge on any atom is -0.367 e. The predicted molar refractivity (Wildman–Crippen MR) is 91.7 cm³/mol. The number of halogens is 3. The highest BCUT2D eigenvalue weighted by Crippen LogP contribution is 2.36. The fraction of sp³-hybridized carbons (Fsp3) is 0.333. The Bertz CT molecular complexity index is 744. The number of aromatic nitrogens is 1. The van der Waals surface area contributed by atoms with Crippen LogP contribution < -0.4 is 10.2 Å². The summed E-state index contributed by atoms with van der Waals surface area (Å²) in [4.78, 5) is 19.5. The highest BCUT2D eigenvalue weighted by molar-refractivity contribution is 5.74. The molecule has 1 aliphatic heterocycles. The Kier molecular flexibility index (Phi) is 5.29. The summed E-state index contributed by atoms with van der Waals surface area (Å²) in [6.45, 7) is 1.84. The second-order valence-corrected chi connectivity index (χ2v) is 6.00. The number of hydrogen-bond donors (Lipinski definition) is 1. The van der Waals surface area contributed by atoms with Gasteiger partial charge in [0.1, 0.15) is 0 Å². The summed E-state index contributed by atoms with van der Waals surface area (Å²) >= 11 is 0. The van der Waals surface area contributed by atoms with Crippen molar-refractivity contribution in [1.29, 1.82) is 0 Å². The van der Waals surface area contributed by atoms with Crippen LogP contribution in [0.15, 0.2) is 48.8 Å². The molecular formula is C18H19F3N4O. The zero-order chi connectivity index (χ0) is 18.6. The van der Waals surface area contributed by atoms with E-state index in [9.17, 15) is 18.0 Å². The molecule has 1 aromatic heterocycles. The molecule has 1 N–H and O–H groups in total. The molecule has 26 heavy (non-hydrogen) atoms. The molecule has 0 aliphatic carbocycles. The molecule has 0 atom stereocenters. The molecule has 2 amide bonds. The number of carbonyl (C=O) groups excluding carboxylic acids is 1. The van der Waals surface area contributed by atoms with Crippen LogP contribution in [0.5, 0.6) is 0 Å². The maximum atomic E-state index is 13.2. The maximum Gasteiger partial charge on any atom is 0.418 e. The minimum atomic E-state index is -4.39. The SMILES string of the molecule is O=C(NCc1ccncc1)N1CCN(c2ccccc2C(F)(F)F)CC1. The van der Waals surface area contributed by atoms with Crippen LogP contribution in [0.1, 0.15) is 11.1 Å². The lowest BCUT2D eigenvalue weighted by molar-refractivity contribution is -0.137. The number of piperazine rings is 1. The second kappa shape index (κ2) is 7.63. The Morgan fingerprint density at radius 2 is 1.69 bits per heavy atom. The number of nitrogens with zero attached hydrogens (tertiary/aromatic N) is 3. The van der Waals surface area contributed by atoms with Gasteiger partial charge in [0.15, 0.2) is 0 Å². The van der Waals surface area contributed by atoms with E-state index in [1.54, 1.807) is 28.3 Å². The standard InChI is InChI=1S/C18H19F3N4O/c19-18(20,21)15-3-1-2-4-16(15)24-9-11-25(12-10-24)17(26)23-13-14-5-7-22-8-6-14/h1-8H,9-13H2,(H,23,26). The van der Waals surface area contributed by atoms with Gasteiger partial charge in [-0.3, -0.25) is 4.98 Å². The van der Waals surface area contributed by atoms with Gasteiger partial charge in [-0.1, -0.05) is 12.1 Å². The fourth-order valence-corrected chi connectivity index (χ4v) is 2.93. The van der Waals surface area contributed by atoms with Crippen LogP contribution >= 0.6 is 0 Å². The smallest absolute Gasteiger partial charge is 0.367 e. The van der Waals surface area contributed by atoms with Crippen molar-refractivity contribution in [3.8, 4) is 0 Å². The number of para-hydroxylation sites is 1. The third-order valence-electron chi connectivity index (χ3n) is 4.31. The van der Waals surface area contributed by atoms with Gasteiger partial charge in [0.05, 0.1) is 5.56 Å². The van der Waals surface area contributed by atoms with Crippen molar-refractivity contribution in [2.75, 3.05) is 31.1 Å². The van der Waals surface area contributed by atoms with Crippen LogP contribution in [0, 0.1) is 0 Å². The van der Waals surface area contributed by atoms with Gasteiger partial charge in [0.2, 0.25) is 0 Å². The van der Waals surface area contributed by atoms with Crippen molar-refractivity contribution in [2.45, 2.75) is 12.7 Å². The summed E-state index contributed by atoms with van der Waals surface area (Å²) in [5.74, 6) is 0. The summed E-state index contributed by atoms with van der Waals surface area (Å²) in [6, 6.07) is 8.95. The number of amides is 2. The van der Waals surface area contributed by atoms with E-state index in [4.69, 9.17) is 0 Å². The van der Waals surface area contributed by atoms with Crippen molar-refractivity contribution < 1.29 is 18.0 Å². The number of urea groups is 1. The lowest BCUT2D eigenvalue weighted by Gasteiger charge is -2.37. The highest BCUT2D eigenvalue weighted by atomic mass is 19.4. The fourth-order valence-electron chi connectivity index (χ4n) is 2.93. The number of anilines is 1. The summed E-state index contributed by atoms with van der Waals surface area (Å²) < 4.78 is 39.5. The quantitative estimate of drug-likeness (QED) is 0.910. The van der Waals surface area contributed by atoms with Crippen molar-refractivity contribution in [2.24, 2.45) is 0 Å². The molecule has 0 bridgehead atoms. The predicted octanol–water partition coefficient (Wildman–Crippen LogP) is 3.13. The zero-order valence-corrected chi connectivity index (χ0v) is 14.0. The first-order chi connectivity index (χ1) is 12.4. The molecule has 1 saturated heterocycles.